The van der Waals surface area contributed by atoms with Crippen LogP contribution in [0.2, 0.25) is 0 Å². The van der Waals surface area contributed by atoms with Crippen LogP contribution >= 0.6 is 0 Å². The van der Waals surface area contributed by atoms with Crippen LogP contribution in [0.5, 0.6) is 0 Å². The molecule has 1 atom stereocenters. The van der Waals surface area contributed by atoms with Crippen LogP contribution in [0.1, 0.15) is 12.8 Å². The number of aliphatic carboxylic acids is 1. The van der Waals surface area contributed by atoms with E-state index in [1.807, 2.05) is 0 Å². The number of carbonyl (C=O) groups is 2. The lowest BCUT2D eigenvalue weighted by Crippen LogP contribution is -2.39. The number of nitrogens with two attached hydrogens (primary N) is 2. The Labute approximate surface area is 94.1 Å². The summed E-state index contributed by atoms with van der Waals surface area (Å²) in [7, 11) is 0. The van der Waals surface area contributed by atoms with Crippen LogP contribution in [0, 0.1) is 0 Å². The minimum absolute atomic E-state index is 0.0492. The van der Waals surface area contributed by atoms with Crippen molar-refractivity contribution >= 4 is 11.9 Å². The molecule has 0 radical (unpaired) electrons. The summed E-state index contributed by atoms with van der Waals surface area (Å²) >= 11 is 0. The highest BCUT2D eigenvalue weighted by atomic mass is 16.5. The summed E-state index contributed by atoms with van der Waals surface area (Å²) in [5, 5.41) is 11.6. The standard InChI is InChI=1S/C9H19N3O4/c10-3-5-16-6-4-12-7(9(14)15)1-2-8(11)13/h7,12H,1-6,10H2,(H2,11,13)(H,14,15). The van der Waals surface area contributed by atoms with Crippen LogP contribution < -0.4 is 16.8 Å². The summed E-state index contributed by atoms with van der Waals surface area (Å²) in [5.74, 6) is -1.51. The molecule has 1 amide bonds. The first-order chi connectivity index (χ1) is 7.57. The fourth-order valence-electron chi connectivity index (χ4n) is 1.09. The van der Waals surface area contributed by atoms with Crippen LogP contribution in [-0.2, 0) is 14.3 Å². The van der Waals surface area contributed by atoms with E-state index in [2.05, 4.69) is 5.32 Å². The average Bonchev–Trinajstić information content (AvgIpc) is 2.21. The molecule has 0 bridgehead atoms. The summed E-state index contributed by atoms with van der Waals surface area (Å²) in [6, 6.07) is -0.769. The number of primary amides is 1. The molecule has 0 aliphatic carbocycles. The summed E-state index contributed by atoms with van der Waals surface area (Å²) in [4.78, 5) is 21.3. The van der Waals surface area contributed by atoms with E-state index in [-0.39, 0.29) is 12.8 Å². The van der Waals surface area contributed by atoms with Gasteiger partial charge >= 0.3 is 5.97 Å². The summed E-state index contributed by atoms with van der Waals surface area (Å²) in [6.45, 7) is 1.66. The Kier molecular flexibility index (Phi) is 8.41. The van der Waals surface area contributed by atoms with Crippen LogP contribution in [0.15, 0.2) is 0 Å². The van der Waals surface area contributed by atoms with Gasteiger partial charge in [0.2, 0.25) is 5.91 Å². The van der Waals surface area contributed by atoms with Gasteiger partial charge in [0.25, 0.3) is 0 Å². The number of hydrogen-bond acceptors (Lipinski definition) is 5. The van der Waals surface area contributed by atoms with E-state index in [9.17, 15) is 9.59 Å². The average molecular weight is 233 g/mol. The Hall–Kier alpha value is -1.18. The first kappa shape index (κ1) is 14.8. The topological polar surface area (TPSA) is 128 Å². The van der Waals surface area contributed by atoms with Crippen molar-refractivity contribution in [3.8, 4) is 0 Å². The van der Waals surface area contributed by atoms with Crippen molar-refractivity contribution in [2.24, 2.45) is 11.5 Å². The van der Waals surface area contributed by atoms with Crippen molar-refractivity contribution in [3.05, 3.63) is 0 Å². The molecule has 0 aliphatic heterocycles. The lowest BCUT2D eigenvalue weighted by Gasteiger charge is -2.13. The fourth-order valence-corrected chi connectivity index (χ4v) is 1.09. The van der Waals surface area contributed by atoms with Gasteiger partial charge in [0.05, 0.1) is 13.2 Å². The number of carbonyl (C=O) groups excluding carboxylic acids is 1. The number of nitrogens with one attached hydrogen (secondary N) is 1. The predicted molar refractivity (Wildman–Crippen MR) is 57.7 cm³/mol. The Morgan fingerprint density at radius 2 is 2.06 bits per heavy atom. The lowest BCUT2D eigenvalue weighted by molar-refractivity contribution is -0.139. The molecule has 94 valence electrons. The van der Waals surface area contributed by atoms with Gasteiger partial charge in [0.15, 0.2) is 0 Å². The van der Waals surface area contributed by atoms with E-state index in [0.717, 1.165) is 0 Å². The van der Waals surface area contributed by atoms with Crippen molar-refractivity contribution in [1.82, 2.24) is 5.32 Å². The second kappa shape index (κ2) is 9.08. The zero-order chi connectivity index (χ0) is 12.4. The van der Waals surface area contributed by atoms with Crippen molar-refractivity contribution in [1.29, 1.82) is 0 Å². The summed E-state index contributed by atoms with van der Waals surface area (Å²) < 4.78 is 5.07. The van der Waals surface area contributed by atoms with E-state index < -0.39 is 17.9 Å². The molecule has 0 fully saturated rings. The highest BCUT2D eigenvalue weighted by molar-refractivity contribution is 5.77. The molecule has 0 saturated carbocycles. The molecule has 0 rings (SSSR count). The molecular weight excluding hydrogens is 214 g/mol. The molecule has 16 heavy (non-hydrogen) atoms. The van der Waals surface area contributed by atoms with E-state index in [1.165, 1.54) is 0 Å². The smallest absolute Gasteiger partial charge is 0.320 e. The molecule has 0 aliphatic rings. The Balaban J connectivity index is 3.68. The number of carboxylic acids is 1. The van der Waals surface area contributed by atoms with Crippen LogP contribution in [-0.4, -0.2) is 49.3 Å². The van der Waals surface area contributed by atoms with Crippen molar-refractivity contribution in [2.75, 3.05) is 26.3 Å². The second-order valence-electron chi connectivity index (χ2n) is 3.25. The van der Waals surface area contributed by atoms with Crippen LogP contribution in [0.25, 0.3) is 0 Å². The fraction of sp³-hybridized carbons (Fsp3) is 0.778. The minimum Gasteiger partial charge on any atom is -0.480 e. The minimum atomic E-state index is -1.000. The number of rotatable bonds is 10. The van der Waals surface area contributed by atoms with Gasteiger partial charge in [0, 0.05) is 19.5 Å². The van der Waals surface area contributed by atoms with Gasteiger partial charge in [0.1, 0.15) is 6.04 Å². The molecule has 1 unspecified atom stereocenters. The van der Waals surface area contributed by atoms with Gasteiger partial charge in [-0.25, -0.2) is 0 Å². The molecule has 0 aromatic rings. The largest absolute Gasteiger partial charge is 0.480 e. The molecule has 0 spiro atoms. The van der Waals surface area contributed by atoms with Crippen molar-refractivity contribution in [2.45, 2.75) is 18.9 Å². The van der Waals surface area contributed by atoms with Crippen molar-refractivity contribution < 1.29 is 19.4 Å². The first-order valence-electron chi connectivity index (χ1n) is 5.10. The zero-order valence-electron chi connectivity index (χ0n) is 9.15. The second-order valence-corrected chi connectivity index (χ2v) is 3.25. The molecular formula is C9H19N3O4. The maximum absolute atomic E-state index is 10.8. The number of hydrogen-bond donors (Lipinski definition) is 4. The highest BCUT2D eigenvalue weighted by Gasteiger charge is 2.16. The molecule has 0 aromatic heterocycles. The third kappa shape index (κ3) is 8.16. The van der Waals surface area contributed by atoms with Gasteiger partial charge < -0.3 is 26.6 Å². The van der Waals surface area contributed by atoms with E-state index in [0.29, 0.717) is 26.3 Å². The normalized spacial score (nSPS) is 12.3. The number of carboxylic acid groups (broad SMARTS) is 1. The van der Waals surface area contributed by atoms with Gasteiger partial charge in [-0.15, -0.1) is 0 Å². The number of ether oxygens (including phenoxy) is 1. The predicted octanol–water partition coefficient (Wildman–Crippen LogP) is -1.73. The van der Waals surface area contributed by atoms with E-state index in [1.54, 1.807) is 0 Å². The zero-order valence-corrected chi connectivity index (χ0v) is 9.15. The van der Waals surface area contributed by atoms with E-state index >= 15 is 0 Å². The summed E-state index contributed by atoms with van der Waals surface area (Å²) in [6.07, 6.45) is 0.231. The molecule has 0 saturated heterocycles. The first-order valence-corrected chi connectivity index (χ1v) is 5.10. The SMILES string of the molecule is NCCOCCNC(CCC(N)=O)C(=O)O. The molecule has 7 nitrogen and oxygen atoms in total. The van der Waals surface area contributed by atoms with E-state index in [4.69, 9.17) is 21.3 Å². The Bertz CT molecular complexity index is 223. The maximum atomic E-state index is 10.8. The van der Waals surface area contributed by atoms with Gasteiger partial charge in [-0.3, -0.25) is 9.59 Å². The molecule has 0 aromatic carbocycles. The molecule has 0 heterocycles. The third-order valence-corrected chi connectivity index (χ3v) is 1.88. The third-order valence-electron chi connectivity index (χ3n) is 1.88. The summed E-state index contributed by atoms with van der Waals surface area (Å²) in [5.41, 5.74) is 10.1. The highest BCUT2D eigenvalue weighted by Crippen LogP contribution is 1.96. The van der Waals surface area contributed by atoms with Gasteiger partial charge in [-0.1, -0.05) is 0 Å². The number of amides is 1. The maximum Gasteiger partial charge on any atom is 0.320 e. The van der Waals surface area contributed by atoms with Gasteiger partial charge in [-0.05, 0) is 6.42 Å². The molecule has 6 N–H and O–H groups in total. The lowest BCUT2D eigenvalue weighted by atomic mass is 10.1. The molecule has 7 heteroatoms. The Morgan fingerprint density at radius 3 is 2.56 bits per heavy atom. The Morgan fingerprint density at radius 1 is 1.38 bits per heavy atom. The van der Waals surface area contributed by atoms with Crippen LogP contribution in [0.4, 0.5) is 0 Å². The quantitative estimate of drug-likeness (QED) is 0.332. The van der Waals surface area contributed by atoms with Crippen molar-refractivity contribution in [3.63, 3.8) is 0 Å². The monoisotopic (exact) mass is 233 g/mol. The van der Waals surface area contributed by atoms with Gasteiger partial charge in [-0.2, -0.15) is 0 Å². The van der Waals surface area contributed by atoms with Crippen LogP contribution in [0.3, 0.4) is 0 Å².